The summed E-state index contributed by atoms with van der Waals surface area (Å²) in [7, 11) is -4.34. The van der Waals surface area contributed by atoms with E-state index in [4.69, 9.17) is 23.2 Å². The average molecular weight is 662 g/mol. The van der Waals surface area contributed by atoms with Gasteiger partial charge in [-0.25, -0.2) is 18.2 Å². The van der Waals surface area contributed by atoms with Crippen LogP contribution in [-0.4, -0.2) is 47.3 Å². The van der Waals surface area contributed by atoms with Crippen molar-refractivity contribution in [3.05, 3.63) is 91.6 Å². The SMILES string of the molecule is O=C(c1c(F)ccc(NS(=O)(=O)N2CC[C@@H](F)C2)c1F)c1cn(Cc2c(Cl)cccc2Cl)c2ncc(Br)cc12. The summed E-state index contributed by atoms with van der Waals surface area (Å²) in [6.07, 6.45) is 1.54. The summed E-state index contributed by atoms with van der Waals surface area (Å²) >= 11 is 15.9. The Hall–Kier alpha value is -2.64. The van der Waals surface area contributed by atoms with Crippen LogP contribution in [-0.2, 0) is 16.8 Å². The van der Waals surface area contributed by atoms with Gasteiger partial charge in [0.15, 0.2) is 5.82 Å². The van der Waals surface area contributed by atoms with Gasteiger partial charge in [-0.15, -0.1) is 0 Å². The number of hydrogen-bond donors (Lipinski definition) is 1. The largest absolute Gasteiger partial charge is 0.327 e. The highest BCUT2D eigenvalue weighted by molar-refractivity contribution is 9.10. The van der Waals surface area contributed by atoms with Gasteiger partial charge in [0.05, 0.1) is 23.4 Å². The molecule has 1 fully saturated rings. The lowest BCUT2D eigenvalue weighted by atomic mass is 10.0. The van der Waals surface area contributed by atoms with Crippen molar-refractivity contribution in [2.24, 2.45) is 0 Å². The zero-order valence-electron chi connectivity index (χ0n) is 19.8. The Morgan fingerprint density at radius 3 is 2.56 bits per heavy atom. The number of ketones is 1. The Bertz CT molecular complexity index is 1720. The molecule has 204 valence electrons. The van der Waals surface area contributed by atoms with Gasteiger partial charge >= 0.3 is 10.2 Å². The van der Waals surface area contributed by atoms with Crippen molar-refractivity contribution < 1.29 is 26.4 Å². The van der Waals surface area contributed by atoms with Gasteiger partial charge in [0, 0.05) is 51.0 Å². The first-order chi connectivity index (χ1) is 18.5. The lowest BCUT2D eigenvalue weighted by molar-refractivity contribution is 0.103. The standard InChI is InChI=1S/C25H18BrCl2F3N4O3S/c26-13-8-15-16(11-34(25(15)32-9-13)12-17-18(27)2-1-3-19(17)28)24(36)22-20(30)4-5-21(23(22)31)33-39(37,38)35-7-6-14(29)10-35/h1-5,8-9,11,14,33H,6-7,10,12H2/t14-/m1/s1. The first-order valence-corrected chi connectivity index (χ1v) is 14.5. The molecule has 1 atom stereocenters. The molecule has 2 aromatic heterocycles. The average Bonchev–Trinajstić information content (AvgIpc) is 3.47. The Kier molecular flexibility index (Phi) is 7.68. The van der Waals surface area contributed by atoms with Gasteiger partial charge in [-0.3, -0.25) is 9.52 Å². The van der Waals surface area contributed by atoms with E-state index in [9.17, 15) is 22.0 Å². The van der Waals surface area contributed by atoms with Gasteiger partial charge in [0.1, 0.15) is 17.6 Å². The minimum absolute atomic E-state index is 0.00358. The second kappa shape index (κ2) is 10.7. The van der Waals surface area contributed by atoms with Crippen LogP contribution in [0.25, 0.3) is 11.0 Å². The predicted molar refractivity (Wildman–Crippen MR) is 146 cm³/mol. The summed E-state index contributed by atoms with van der Waals surface area (Å²) in [6, 6.07) is 8.20. The van der Waals surface area contributed by atoms with E-state index in [2.05, 4.69) is 20.9 Å². The fourth-order valence-corrected chi connectivity index (χ4v) is 6.50. The summed E-state index contributed by atoms with van der Waals surface area (Å²) in [5.74, 6) is -3.63. The Morgan fingerprint density at radius 2 is 1.90 bits per heavy atom. The molecule has 7 nitrogen and oxygen atoms in total. The number of anilines is 1. The number of halogens is 6. The number of hydrogen-bond acceptors (Lipinski definition) is 4. The molecule has 5 rings (SSSR count). The van der Waals surface area contributed by atoms with E-state index in [1.807, 2.05) is 4.72 Å². The quantitative estimate of drug-likeness (QED) is 0.234. The Labute approximate surface area is 239 Å². The van der Waals surface area contributed by atoms with Crippen molar-refractivity contribution >= 4 is 71.8 Å². The molecule has 1 N–H and O–H groups in total. The van der Waals surface area contributed by atoms with Crippen LogP contribution < -0.4 is 4.72 Å². The molecule has 0 spiro atoms. The smallest absolute Gasteiger partial charge is 0.301 e. The van der Waals surface area contributed by atoms with E-state index in [1.54, 1.807) is 28.8 Å². The normalized spacial score (nSPS) is 16.2. The number of pyridine rings is 1. The lowest BCUT2D eigenvalue weighted by Crippen LogP contribution is -2.34. The molecule has 0 amide bonds. The van der Waals surface area contributed by atoms with Gasteiger partial charge in [-0.1, -0.05) is 29.3 Å². The zero-order valence-corrected chi connectivity index (χ0v) is 23.7. The molecule has 1 saturated heterocycles. The molecule has 1 aliphatic rings. The fourth-order valence-electron chi connectivity index (χ4n) is 4.38. The molecule has 3 heterocycles. The molecule has 1 aliphatic heterocycles. The minimum atomic E-state index is -4.34. The van der Waals surface area contributed by atoms with Crippen LogP contribution in [0.2, 0.25) is 10.0 Å². The number of benzene rings is 2. The summed E-state index contributed by atoms with van der Waals surface area (Å²) < 4.78 is 74.2. The molecular weight excluding hydrogens is 644 g/mol. The number of fused-ring (bicyclic) bond motifs is 1. The summed E-state index contributed by atoms with van der Waals surface area (Å²) in [5, 5.41) is 1.04. The number of carbonyl (C=O) groups is 1. The molecular formula is C25H18BrCl2F3N4O3S. The number of alkyl halides is 1. The third-order valence-electron chi connectivity index (χ3n) is 6.31. The summed E-state index contributed by atoms with van der Waals surface area (Å²) in [4.78, 5) is 18.0. The predicted octanol–water partition coefficient (Wildman–Crippen LogP) is 6.36. The van der Waals surface area contributed by atoms with Gasteiger partial charge in [0.25, 0.3) is 0 Å². The van der Waals surface area contributed by atoms with Crippen molar-refractivity contribution in [1.29, 1.82) is 0 Å². The number of nitrogens with one attached hydrogen (secondary N) is 1. The second-order valence-corrected chi connectivity index (χ2v) is 12.3. The molecule has 0 unspecified atom stereocenters. The van der Waals surface area contributed by atoms with E-state index < -0.39 is 45.0 Å². The highest BCUT2D eigenvalue weighted by Gasteiger charge is 2.33. The Balaban J connectivity index is 1.57. The maximum absolute atomic E-state index is 15.6. The highest BCUT2D eigenvalue weighted by atomic mass is 79.9. The van der Waals surface area contributed by atoms with Crippen molar-refractivity contribution in [2.75, 3.05) is 17.8 Å². The van der Waals surface area contributed by atoms with Gasteiger partial charge in [0.2, 0.25) is 5.78 Å². The van der Waals surface area contributed by atoms with Gasteiger partial charge in [-0.2, -0.15) is 12.7 Å². The number of carbonyl (C=O) groups excluding carboxylic acids is 1. The number of aromatic nitrogens is 2. The second-order valence-electron chi connectivity index (χ2n) is 8.86. The van der Waals surface area contributed by atoms with Gasteiger partial charge < -0.3 is 4.57 Å². The molecule has 0 aliphatic carbocycles. The fraction of sp³-hybridized carbons (Fsp3) is 0.200. The third kappa shape index (κ3) is 5.40. The first kappa shape index (κ1) is 27.9. The maximum Gasteiger partial charge on any atom is 0.301 e. The van der Waals surface area contributed by atoms with Crippen LogP contribution in [0.1, 0.15) is 27.9 Å². The first-order valence-electron chi connectivity index (χ1n) is 11.5. The van der Waals surface area contributed by atoms with Crippen molar-refractivity contribution in [3.63, 3.8) is 0 Å². The summed E-state index contributed by atoms with van der Waals surface area (Å²) in [6.45, 7) is -0.379. The van der Waals surface area contributed by atoms with Crippen molar-refractivity contribution in [2.45, 2.75) is 19.1 Å². The van der Waals surface area contributed by atoms with E-state index in [-0.39, 0.29) is 37.0 Å². The van der Waals surface area contributed by atoms with Crippen LogP contribution in [0.3, 0.4) is 0 Å². The van der Waals surface area contributed by atoms with Crippen molar-refractivity contribution in [1.82, 2.24) is 13.9 Å². The maximum atomic E-state index is 15.6. The topological polar surface area (TPSA) is 84.3 Å². The summed E-state index contributed by atoms with van der Waals surface area (Å²) in [5.41, 5.74) is -0.819. The molecule has 2 aromatic carbocycles. The molecule has 14 heteroatoms. The van der Waals surface area contributed by atoms with E-state index in [0.29, 0.717) is 25.7 Å². The van der Waals surface area contributed by atoms with Crippen LogP contribution in [0.5, 0.6) is 0 Å². The lowest BCUT2D eigenvalue weighted by Gasteiger charge is -2.18. The van der Waals surface area contributed by atoms with E-state index in [1.165, 1.54) is 12.4 Å². The highest BCUT2D eigenvalue weighted by Crippen LogP contribution is 2.32. The Morgan fingerprint density at radius 1 is 1.18 bits per heavy atom. The monoisotopic (exact) mass is 660 g/mol. The molecule has 4 aromatic rings. The van der Waals surface area contributed by atoms with E-state index >= 15 is 4.39 Å². The zero-order chi connectivity index (χ0) is 28.1. The van der Waals surface area contributed by atoms with Crippen LogP contribution in [0.4, 0.5) is 18.9 Å². The van der Waals surface area contributed by atoms with E-state index in [0.717, 1.165) is 16.4 Å². The van der Waals surface area contributed by atoms with Crippen LogP contribution in [0, 0.1) is 11.6 Å². The van der Waals surface area contributed by atoms with Crippen molar-refractivity contribution in [3.8, 4) is 0 Å². The third-order valence-corrected chi connectivity index (χ3v) is 8.94. The van der Waals surface area contributed by atoms with Gasteiger partial charge in [-0.05, 0) is 52.7 Å². The van der Waals surface area contributed by atoms with Crippen LogP contribution >= 0.6 is 39.1 Å². The number of nitrogens with zero attached hydrogens (tertiary/aromatic N) is 3. The molecule has 39 heavy (non-hydrogen) atoms. The molecule has 0 saturated carbocycles. The molecule has 0 radical (unpaired) electrons. The van der Waals surface area contributed by atoms with Crippen LogP contribution in [0.15, 0.2) is 53.3 Å². The number of rotatable bonds is 7. The minimum Gasteiger partial charge on any atom is -0.327 e. The molecule has 0 bridgehead atoms.